The predicted molar refractivity (Wildman–Crippen MR) is 76.3 cm³/mol. The van der Waals surface area contributed by atoms with Crippen molar-refractivity contribution in [2.24, 2.45) is 5.92 Å². The summed E-state index contributed by atoms with van der Waals surface area (Å²) < 4.78 is 38.1. The first kappa shape index (κ1) is 15.9. The normalized spacial score (nSPS) is 16.8. The van der Waals surface area contributed by atoms with Gasteiger partial charge in [-0.05, 0) is 12.3 Å². The first-order valence-electron chi connectivity index (χ1n) is 7.37. The lowest BCUT2D eigenvalue weighted by molar-refractivity contribution is -0.144. The van der Waals surface area contributed by atoms with E-state index in [1.165, 1.54) is 45.2 Å². The zero-order valence-corrected chi connectivity index (χ0v) is 12.1. The van der Waals surface area contributed by atoms with Crippen molar-refractivity contribution in [1.29, 1.82) is 0 Å². The van der Waals surface area contributed by atoms with Crippen LogP contribution in [0.2, 0.25) is 0 Å². The van der Waals surface area contributed by atoms with E-state index in [1.807, 2.05) is 0 Å². The number of hydrogen-bond donors (Lipinski definition) is 2. The van der Waals surface area contributed by atoms with Gasteiger partial charge >= 0.3 is 6.18 Å². The molecule has 0 radical (unpaired) electrons. The van der Waals surface area contributed by atoms with Crippen LogP contribution in [-0.2, 0) is 6.18 Å². The van der Waals surface area contributed by atoms with Crippen molar-refractivity contribution in [2.45, 2.75) is 44.7 Å². The van der Waals surface area contributed by atoms with Crippen LogP contribution in [0, 0.1) is 5.92 Å². The second kappa shape index (κ2) is 6.95. The van der Waals surface area contributed by atoms with E-state index in [1.54, 1.807) is 0 Å². The van der Waals surface area contributed by atoms with Crippen molar-refractivity contribution in [3.63, 3.8) is 0 Å². The fraction of sp³-hybridized carbons (Fsp3) is 0.714. The highest BCUT2D eigenvalue weighted by atomic mass is 19.4. The van der Waals surface area contributed by atoms with E-state index in [-0.39, 0.29) is 11.6 Å². The SMILES string of the molecule is CNc1cc(NCCC2CCCCC2)nc(C(F)(F)F)n1. The number of nitrogens with one attached hydrogen (secondary N) is 2. The second-order valence-electron chi connectivity index (χ2n) is 5.43. The summed E-state index contributed by atoms with van der Waals surface area (Å²) in [6, 6.07) is 1.50. The third-order valence-corrected chi connectivity index (χ3v) is 3.82. The molecule has 0 aromatic carbocycles. The molecule has 0 saturated heterocycles. The van der Waals surface area contributed by atoms with E-state index >= 15 is 0 Å². The summed E-state index contributed by atoms with van der Waals surface area (Å²) in [6.07, 6.45) is 2.71. The molecule has 1 aliphatic carbocycles. The highest BCUT2D eigenvalue weighted by molar-refractivity contribution is 5.47. The molecule has 0 unspecified atom stereocenters. The van der Waals surface area contributed by atoms with E-state index in [0.29, 0.717) is 12.5 Å². The summed E-state index contributed by atoms with van der Waals surface area (Å²) in [7, 11) is 1.54. The van der Waals surface area contributed by atoms with Crippen molar-refractivity contribution >= 4 is 11.6 Å². The molecule has 0 spiro atoms. The molecule has 1 aromatic heterocycles. The molecular formula is C14H21F3N4. The summed E-state index contributed by atoms with van der Waals surface area (Å²) in [5.41, 5.74) is 0. The van der Waals surface area contributed by atoms with Crippen LogP contribution in [-0.4, -0.2) is 23.6 Å². The van der Waals surface area contributed by atoms with Crippen LogP contribution < -0.4 is 10.6 Å². The third-order valence-electron chi connectivity index (χ3n) is 3.82. The Morgan fingerprint density at radius 1 is 1.14 bits per heavy atom. The predicted octanol–water partition coefficient (Wildman–Crippen LogP) is 3.92. The summed E-state index contributed by atoms with van der Waals surface area (Å²) in [5.74, 6) is -0.0524. The lowest BCUT2D eigenvalue weighted by Crippen LogP contribution is -2.16. The van der Waals surface area contributed by atoms with Crippen LogP contribution >= 0.6 is 0 Å². The average molecular weight is 302 g/mol. The molecule has 1 heterocycles. The molecule has 0 bridgehead atoms. The topological polar surface area (TPSA) is 49.8 Å². The molecular weight excluding hydrogens is 281 g/mol. The largest absolute Gasteiger partial charge is 0.451 e. The molecule has 0 amide bonds. The van der Waals surface area contributed by atoms with E-state index in [4.69, 9.17) is 0 Å². The van der Waals surface area contributed by atoms with Gasteiger partial charge in [-0.1, -0.05) is 32.1 Å². The molecule has 0 aliphatic heterocycles. The monoisotopic (exact) mass is 302 g/mol. The quantitative estimate of drug-likeness (QED) is 0.865. The van der Waals surface area contributed by atoms with E-state index in [2.05, 4.69) is 20.6 Å². The molecule has 1 aromatic rings. The van der Waals surface area contributed by atoms with E-state index in [0.717, 1.165) is 6.42 Å². The number of rotatable bonds is 5. The Morgan fingerprint density at radius 3 is 2.43 bits per heavy atom. The lowest BCUT2D eigenvalue weighted by Gasteiger charge is -2.21. The molecule has 4 nitrogen and oxygen atoms in total. The molecule has 21 heavy (non-hydrogen) atoms. The minimum Gasteiger partial charge on any atom is -0.373 e. The van der Waals surface area contributed by atoms with Gasteiger partial charge in [0.15, 0.2) is 0 Å². The summed E-state index contributed by atoms with van der Waals surface area (Å²) in [4.78, 5) is 6.98. The highest BCUT2D eigenvalue weighted by Crippen LogP contribution is 2.29. The second-order valence-corrected chi connectivity index (χ2v) is 5.43. The maximum Gasteiger partial charge on any atom is 0.451 e. The summed E-state index contributed by atoms with van der Waals surface area (Å²) in [5, 5.41) is 5.62. The molecule has 1 fully saturated rings. The van der Waals surface area contributed by atoms with Crippen LogP contribution in [0.15, 0.2) is 6.07 Å². The smallest absolute Gasteiger partial charge is 0.373 e. The van der Waals surface area contributed by atoms with Crippen LogP contribution in [0.4, 0.5) is 24.8 Å². The van der Waals surface area contributed by atoms with Gasteiger partial charge in [-0.25, -0.2) is 9.97 Å². The maximum absolute atomic E-state index is 12.7. The molecule has 2 rings (SSSR count). The summed E-state index contributed by atoms with van der Waals surface area (Å²) >= 11 is 0. The zero-order valence-electron chi connectivity index (χ0n) is 12.1. The maximum atomic E-state index is 12.7. The van der Waals surface area contributed by atoms with Gasteiger partial charge in [-0.2, -0.15) is 13.2 Å². The molecule has 7 heteroatoms. The fourth-order valence-electron chi connectivity index (χ4n) is 2.67. The number of nitrogens with zero attached hydrogens (tertiary/aromatic N) is 2. The third kappa shape index (κ3) is 4.75. The lowest BCUT2D eigenvalue weighted by atomic mass is 9.87. The molecule has 118 valence electrons. The molecule has 2 N–H and O–H groups in total. The Balaban J connectivity index is 1.95. The molecule has 1 saturated carbocycles. The van der Waals surface area contributed by atoms with Gasteiger partial charge in [0.05, 0.1) is 0 Å². The Hall–Kier alpha value is -1.53. The minimum atomic E-state index is -4.54. The van der Waals surface area contributed by atoms with Crippen LogP contribution in [0.5, 0.6) is 0 Å². The molecule has 0 atom stereocenters. The van der Waals surface area contributed by atoms with Crippen molar-refractivity contribution in [1.82, 2.24) is 9.97 Å². The number of halogens is 3. The summed E-state index contributed by atoms with van der Waals surface area (Å²) in [6.45, 7) is 0.641. The van der Waals surface area contributed by atoms with Gasteiger partial charge in [-0.3, -0.25) is 0 Å². The van der Waals surface area contributed by atoms with Crippen LogP contribution in [0.1, 0.15) is 44.3 Å². The van der Waals surface area contributed by atoms with Crippen molar-refractivity contribution in [3.8, 4) is 0 Å². The van der Waals surface area contributed by atoms with Crippen molar-refractivity contribution in [3.05, 3.63) is 11.9 Å². The Bertz CT molecular complexity index is 456. The highest BCUT2D eigenvalue weighted by Gasteiger charge is 2.35. The van der Waals surface area contributed by atoms with Gasteiger partial charge in [0.1, 0.15) is 11.6 Å². The standard InChI is InChI=1S/C14H21F3N4/c1-18-11-9-12(21-13(20-11)14(15,16)17)19-8-7-10-5-3-2-4-6-10/h9-10H,2-8H2,1H3,(H2,18,19,20,21). The zero-order chi connectivity index (χ0) is 15.3. The number of aromatic nitrogens is 2. The van der Waals surface area contributed by atoms with Gasteiger partial charge in [-0.15, -0.1) is 0 Å². The fourth-order valence-corrected chi connectivity index (χ4v) is 2.67. The van der Waals surface area contributed by atoms with E-state index < -0.39 is 12.0 Å². The van der Waals surface area contributed by atoms with Gasteiger partial charge in [0.25, 0.3) is 0 Å². The molecule has 1 aliphatic rings. The Labute approximate surface area is 122 Å². The van der Waals surface area contributed by atoms with Crippen molar-refractivity contribution in [2.75, 3.05) is 24.2 Å². The number of alkyl halides is 3. The first-order valence-corrected chi connectivity index (χ1v) is 7.37. The average Bonchev–Trinajstić information content (AvgIpc) is 2.47. The Morgan fingerprint density at radius 2 is 1.81 bits per heavy atom. The van der Waals surface area contributed by atoms with E-state index in [9.17, 15) is 13.2 Å². The van der Waals surface area contributed by atoms with Crippen LogP contribution in [0.3, 0.4) is 0 Å². The number of anilines is 2. The van der Waals surface area contributed by atoms with Crippen molar-refractivity contribution < 1.29 is 13.2 Å². The first-order chi connectivity index (χ1) is 9.99. The van der Waals surface area contributed by atoms with Gasteiger partial charge in [0.2, 0.25) is 5.82 Å². The number of hydrogen-bond acceptors (Lipinski definition) is 4. The minimum absolute atomic E-state index is 0.164. The van der Waals surface area contributed by atoms with Crippen LogP contribution in [0.25, 0.3) is 0 Å². The van der Waals surface area contributed by atoms with Gasteiger partial charge in [0, 0.05) is 19.7 Å². The van der Waals surface area contributed by atoms with Gasteiger partial charge < -0.3 is 10.6 Å². The Kier molecular flexibility index (Phi) is 5.25.